The van der Waals surface area contributed by atoms with Crippen LogP contribution in [0.3, 0.4) is 0 Å². The zero-order chi connectivity index (χ0) is 14.2. The monoisotopic (exact) mass is 296 g/mol. The van der Waals surface area contributed by atoms with Crippen LogP contribution in [0.25, 0.3) is 0 Å². The lowest BCUT2D eigenvalue weighted by Gasteiger charge is -2.18. The van der Waals surface area contributed by atoms with E-state index >= 15 is 0 Å². The van der Waals surface area contributed by atoms with Gasteiger partial charge in [-0.2, -0.15) is 0 Å². The van der Waals surface area contributed by atoms with E-state index in [1.165, 1.54) is 0 Å². The molecule has 6 heteroatoms. The molecule has 0 spiro atoms. The Morgan fingerprint density at radius 1 is 1.20 bits per heavy atom. The minimum atomic E-state index is -3.36. The van der Waals surface area contributed by atoms with Gasteiger partial charge in [0.15, 0.2) is 0 Å². The third-order valence-corrected chi connectivity index (χ3v) is 5.49. The normalized spacial score (nSPS) is 23.2. The zero-order valence-electron chi connectivity index (χ0n) is 11.3. The number of hydrogen-bond donors (Lipinski definition) is 2. The SMILES string of the molecule is O=S(=O)(NC1CC1)c1ccc(N2CCC(CO)C2)cc1. The minimum absolute atomic E-state index is 0.128. The zero-order valence-corrected chi connectivity index (χ0v) is 12.1. The van der Waals surface area contributed by atoms with Gasteiger partial charge in [0.2, 0.25) is 10.0 Å². The third-order valence-electron chi connectivity index (χ3n) is 3.96. The summed E-state index contributed by atoms with van der Waals surface area (Å²) in [7, 11) is -3.36. The summed E-state index contributed by atoms with van der Waals surface area (Å²) in [5.74, 6) is 0.329. The maximum Gasteiger partial charge on any atom is 0.240 e. The average Bonchev–Trinajstić information content (AvgIpc) is 3.11. The fraction of sp³-hybridized carbons (Fsp3) is 0.571. The first kappa shape index (κ1) is 13.9. The van der Waals surface area contributed by atoms with Gasteiger partial charge in [-0.3, -0.25) is 0 Å². The second-order valence-electron chi connectivity index (χ2n) is 5.67. The number of aliphatic hydroxyl groups is 1. The highest BCUT2D eigenvalue weighted by molar-refractivity contribution is 7.89. The quantitative estimate of drug-likeness (QED) is 0.848. The lowest BCUT2D eigenvalue weighted by atomic mass is 10.1. The molecule has 1 saturated heterocycles. The highest BCUT2D eigenvalue weighted by Gasteiger charge is 2.28. The third kappa shape index (κ3) is 2.97. The number of nitrogens with zero attached hydrogens (tertiary/aromatic N) is 1. The van der Waals surface area contributed by atoms with Crippen molar-refractivity contribution in [2.24, 2.45) is 5.92 Å². The standard InChI is InChI=1S/C14H20N2O3S/c17-10-11-7-8-16(9-11)13-3-5-14(6-4-13)20(18,19)15-12-1-2-12/h3-6,11-12,15,17H,1-2,7-10H2. The van der Waals surface area contributed by atoms with Crippen LogP contribution in [0, 0.1) is 5.92 Å². The van der Waals surface area contributed by atoms with Crippen molar-refractivity contribution in [2.75, 3.05) is 24.6 Å². The van der Waals surface area contributed by atoms with Gasteiger partial charge in [0.1, 0.15) is 0 Å². The Morgan fingerprint density at radius 3 is 2.45 bits per heavy atom. The summed E-state index contributed by atoms with van der Waals surface area (Å²) < 4.78 is 26.8. The molecule has 1 aromatic carbocycles. The molecule has 0 aromatic heterocycles. The Bertz CT molecular complexity index is 567. The van der Waals surface area contributed by atoms with Crippen molar-refractivity contribution in [1.82, 2.24) is 4.72 Å². The molecule has 0 radical (unpaired) electrons. The van der Waals surface area contributed by atoms with E-state index in [4.69, 9.17) is 5.11 Å². The maximum absolute atomic E-state index is 12.1. The van der Waals surface area contributed by atoms with Crippen LogP contribution in [-0.2, 0) is 10.0 Å². The molecule has 5 nitrogen and oxygen atoms in total. The molecule has 20 heavy (non-hydrogen) atoms. The van der Waals surface area contributed by atoms with Crippen LogP contribution in [0.4, 0.5) is 5.69 Å². The van der Waals surface area contributed by atoms with Crippen LogP contribution < -0.4 is 9.62 Å². The van der Waals surface area contributed by atoms with E-state index in [1.807, 2.05) is 12.1 Å². The van der Waals surface area contributed by atoms with Gasteiger partial charge >= 0.3 is 0 Å². The molecule has 1 aromatic rings. The van der Waals surface area contributed by atoms with Gasteiger partial charge in [0.05, 0.1) is 4.90 Å². The first-order chi connectivity index (χ1) is 9.58. The van der Waals surface area contributed by atoms with Crippen molar-refractivity contribution in [3.05, 3.63) is 24.3 Å². The molecule has 2 N–H and O–H groups in total. The fourth-order valence-electron chi connectivity index (χ4n) is 2.54. The summed E-state index contributed by atoms with van der Waals surface area (Å²) in [4.78, 5) is 2.51. The summed E-state index contributed by atoms with van der Waals surface area (Å²) in [6.45, 7) is 1.97. The van der Waals surface area contributed by atoms with Crippen LogP contribution >= 0.6 is 0 Å². The number of hydrogen-bond acceptors (Lipinski definition) is 4. The van der Waals surface area contributed by atoms with Crippen molar-refractivity contribution in [2.45, 2.75) is 30.2 Å². The largest absolute Gasteiger partial charge is 0.396 e. The number of aliphatic hydroxyl groups excluding tert-OH is 1. The molecule has 2 aliphatic rings. The molecule has 1 aliphatic carbocycles. The summed E-state index contributed by atoms with van der Waals surface area (Å²) in [5, 5.41) is 9.16. The molecule has 1 heterocycles. The highest BCUT2D eigenvalue weighted by Crippen LogP contribution is 2.26. The molecular weight excluding hydrogens is 276 g/mol. The van der Waals surface area contributed by atoms with Gasteiger partial charge in [-0.15, -0.1) is 0 Å². The van der Waals surface area contributed by atoms with Gasteiger partial charge in [-0.05, 0) is 43.5 Å². The van der Waals surface area contributed by atoms with Gasteiger partial charge in [-0.1, -0.05) is 0 Å². The van der Waals surface area contributed by atoms with Gasteiger partial charge in [0.25, 0.3) is 0 Å². The van der Waals surface area contributed by atoms with E-state index in [-0.39, 0.29) is 12.6 Å². The van der Waals surface area contributed by atoms with E-state index in [1.54, 1.807) is 12.1 Å². The highest BCUT2D eigenvalue weighted by atomic mass is 32.2. The van der Waals surface area contributed by atoms with Gasteiger partial charge < -0.3 is 10.0 Å². The number of sulfonamides is 1. The maximum atomic E-state index is 12.1. The molecule has 3 rings (SSSR count). The minimum Gasteiger partial charge on any atom is -0.396 e. The van der Waals surface area contributed by atoms with Crippen LogP contribution in [0.1, 0.15) is 19.3 Å². The predicted octanol–water partition coefficient (Wildman–Crippen LogP) is 0.946. The first-order valence-electron chi connectivity index (χ1n) is 7.07. The summed E-state index contributed by atoms with van der Waals surface area (Å²) in [6.07, 6.45) is 2.86. The molecule has 0 bridgehead atoms. The molecule has 0 amide bonds. The average molecular weight is 296 g/mol. The number of anilines is 1. The van der Waals surface area contributed by atoms with Crippen LogP contribution in [0.5, 0.6) is 0 Å². The van der Waals surface area contributed by atoms with Crippen LogP contribution in [0.15, 0.2) is 29.2 Å². The fourth-order valence-corrected chi connectivity index (χ4v) is 3.85. The lowest BCUT2D eigenvalue weighted by Crippen LogP contribution is -2.26. The van der Waals surface area contributed by atoms with Crippen LogP contribution in [0.2, 0.25) is 0 Å². The molecule has 110 valence electrons. The van der Waals surface area contributed by atoms with Crippen LogP contribution in [-0.4, -0.2) is 39.3 Å². The van der Waals surface area contributed by atoms with E-state index in [0.717, 1.165) is 38.0 Å². The predicted molar refractivity (Wildman–Crippen MR) is 77.2 cm³/mol. The van der Waals surface area contributed by atoms with Gasteiger partial charge in [-0.25, -0.2) is 13.1 Å². The molecule has 1 atom stereocenters. The van der Waals surface area contributed by atoms with Crippen molar-refractivity contribution < 1.29 is 13.5 Å². The van der Waals surface area contributed by atoms with E-state index in [0.29, 0.717) is 10.8 Å². The molecule has 2 fully saturated rings. The Labute approximate surface area is 119 Å². The number of nitrogens with one attached hydrogen (secondary N) is 1. The Morgan fingerprint density at radius 2 is 1.90 bits per heavy atom. The second kappa shape index (κ2) is 5.35. The van der Waals surface area contributed by atoms with E-state index < -0.39 is 10.0 Å². The van der Waals surface area contributed by atoms with E-state index in [2.05, 4.69) is 9.62 Å². The van der Waals surface area contributed by atoms with Crippen molar-refractivity contribution in [3.8, 4) is 0 Å². The smallest absolute Gasteiger partial charge is 0.240 e. The van der Waals surface area contributed by atoms with E-state index in [9.17, 15) is 8.42 Å². The Kier molecular flexibility index (Phi) is 3.70. The lowest BCUT2D eigenvalue weighted by molar-refractivity contribution is 0.238. The molecule has 1 saturated carbocycles. The van der Waals surface area contributed by atoms with Gasteiger partial charge in [0, 0.05) is 37.3 Å². The first-order valence-corrected chi connectivity index (χ1v) is 8.55. The molecular formula is C14H20N2O3S. The summed E-state index contributed by atoms with van der Waals surface area (Å²) >= 11 is 0. The second-order valence-corrected chi connectivity index (χ2v) is 7.39. The number of rotatable bonds is 5. The summed E-state index contributed by atoms with van der Waals surface area (Å²) in [6, 6.07) is 7.14. The Hall–Kier alpha value is -1.11. The Balaban J connectivity index is 1.71. The van der Waals surface area contributed by atoms with Crippen molar-refractivity contribution in [1.29, 1.82) is 0 Å². The van der Waals surface area contributed by atoms with Crippen molar-refractivity contribution >= 4 is 15.7 Å². The summed E-state index contributed by atoms with van der Waals surface area (Å²) in [5.41, 5.74) is 1.02. The molecule has 1 unspecified atom stereocenters. The molecule has 1 aliphatic heterocycles. The topological polar surface area (TPSA) is 69.6 Å². The van der Waals surface area contributed by atoms with Crippen molar-refractivity contribution in [3.63, 3.8) is 0 Å². The number of benzene rings is 1.